The Labute approximate surface area is 128 Å². The van der Waals surface area contributed by atoms with Crippen LogP contribution in [-0.4, -0.2) is 51.1 Å². The Kier molecular flexibility index (Phi) is 6.38. The van der Waals surface area contributed by atoms with Crippen LogP contribution in [-0.2, 0) is 14.8 Å². The average Bonchev–Trinajstić information content (AvgIpc) is 2.40. The number of likely N-dealkylation sites (N-methyl/N-ethyl adjacent to an activating group) is 1. The third-order valence-electron chi connectivity index (χ3n) is 2.85. The number of methoxy groups -OCH3 is 1. The number of rotatable bonds is 7. The first kappa shape index (κ1) is 17.4. The summed E-state index contributed by atoms with van der Waals surface area (Å²) in [5.74, 6) is 0.354. The molecular formula is C12H20BrN3O3S. The SMILES string of the molecule is CCNc1ncc(Br)cc1S(=O)(=O)N(C)C(C)COC. The van der Waals surface area contributed by atoms with Crippen molar-refractivity contribution in [3.63, 3.8) is 0 Å². The fraction of sp³-hybridized carbons (Fsp3) is 0.583. The summed E-state index contributed by atoms with van der Waals surface area (Å²) in [4.78, 5) is 4.28. The Morgan fingerprint density at radius 3 is 2.75 bits per heavy atom. The fourth-order valence-corrected chi connectivity index (χ4v) is 3.63. The molecule has 1 rings (SSSR count). The zero-order valence-corrected chi connectivity index (χ0v) is 14.5. The van der Waals surface area contributed by atoms with E-state index in [2.05, 4.69) is 26.2 Å². The van der Waals surface area contributed by atoms with Crippen molar-refractivity contribution in [3.8, 4) is 0 Å². The monoisotopic (exact) mass is 365 g/mol. The molecule has 0 saturated carbocycles. The highest BCUT2D eigenvalue weighted by atomic mass is 79.9. The van der Waals surface area contributed by atoms with Crippen molar-refractivity contribution in [2.75, 3.05) is 32.6 Å². The van der Waals surface area contributed by atoms with E-state index in [1.54, 1.807) is 26.3 Å². The van der Waals surface area contributed by atoms with Crippen molar-refractivity contribution in [1.82, 2.24) is 9.29 Å². The molecule has 1 aromatic heterocycles. The van der Waals surface area contributed by atoms with Crippen LogP contribution in [0.2, 0.25) is 0 Å². The Hall–Kier alpha value is -0.700. The Bertz CT molecular complexity index is 551. The maximum Gasteiger partial charge on any atom is 0.246 e. The van der Waals surface area contributed by atoms with E-state index in [0.29, 0.717) is 23.4 Å². The lowest BCUT2D eigenvalue weighted by Crippen LogP contribution is -2.38. The molecule has 0 spiro atoms. The van der Waals surface area contributed by atoms with E-state index in [0.717, 1.165) is 0 Å². The molecule has 1 atom stereocenters. The number of sulfonamides is 1. The van der Waals surface area contributed by atoms with Gasteiger partial charge in [-0.25, -0.2) is 13.4 Å². The number of halogens is 1. The van der Waals surface area contributed by atoms with Gasteiger partial charge in [0.1, 0.15) is 10.7 Å². The van der Waals surface area contributed by atoms with Crippen LogP contribution in [0.25, 0.3) is 0 Å². The summed E-state index contributed by atoms with van der Waals surface area (Å²) < 4.78 is 32.3. The third kappa shape index (κ3) is 3.91. The second-order valence-electron chi connectivity index (χ2n) is 4.36. The third-order valence-corrected chi connectivity index (χ3v) is 5.27. The summed E-state index contributed by atoms with van der Waals surface area (Å²) in [6.07, 6.45) is 1.57. The number of nitrogens with zero attached hydrogens (tertiary/aromatic N) is 2. The van der Waals surface area contributed by atoms with Gasteiger partial charge in [-0.3, -0.25) is 0 Å². The zero-order chi connectivity index (χ0) is 15.3. The standard InChI is InChI=1S/C12H20BrN3O3S/c1-5-14-12-11(6-10(13)7-15-12)20(17,18)16(3)9(2)8-19-4/h6-7,9H,5,8H2,1-4H3,(H,14,15). The summed E-state index contributed by atoms with van der Waals surface area (Å²) in [5.41, 5.74) is 0. The van der Waals surface area contributed by atoms with Gasteiger partial charge in [-0.05, 0) is 35.8 Å². The van der Waals surface area contributed by atoms with Crippen molar-refractivity contribution in [2.45, 2.75) is 24.8 Å². The van der Waals surface area contributed by atoms with Crippen molar-refractivity contribution in [3.05, 3.63) is 16.7 Å². The van der Waals surface area contributed by atoms with Gasteiger partial charge in [-0.2, -0.15) is 4.31 Å². The number of hydrogen-bond donors (Lipinski definition) is 1. The number of pyridine rings is 1. The maximum absolute atomic E-state index is 12.7. The summed E-state index contributed by atoms with van der Waals surface area (Å²) in [7, 11) is -0.557. The van der Waals surface area contributed by atoms with E-state index >= 15 is 0 Å². The van der Waals surface area contributed by atoms with Gasteiger partial charge in [0.05, 0.1) is 6.61 Å². The summed E-state index contributed by atoms with van der Waals surface area (Å²) in [5, 5.41) is 2.97. The minimum absolute atomic E-state index is 0.152. The quantitative estimate of drug-likeness (QED) is 0.799. The van der Waals surface area contributed by atoms with E-state index in [4.69, 9.17) is 4.74 Å². The first-order valence-electron chi connectivity index (χ1n) is 6.21. The number of aromatic nitrogens is 1. The highest BCUT2D eigenvalue weighted by Crippen LogP contribution is 2.26. The van der Waals surface area contributed by atoms with Gasteiger partial charge in [0, 0.05) is 37.4 Å². The van der Waals surface area contributed by atoms with Crippen LogP contribution in [0.15, 0.2) is 21.6 Å². The number of hydrogen-bond acceptors (Lipinski definition) is 5. The topological polar surface area (TPSA) is 71.5 Å². The molecule has 1 N–H and O–H groups in total. The van der Waals surface area contributed by atoms with Crippen LogP contribution in [0.1, 0.15) is 13.8 Å². The number of ether oxygens (including phenoxy) is 1. The zero-order valence-electron chi connectivity index (χ0n) is 12.1. The first-order valence-corrected chi connectivity index (χ1v) is 8.44. The van der Waals surface area contributed by atoms with Gasteiger partial charge in [-0.15, -0.1) is 0 Å². The lowest BCUT2D eigenvalue weighted by molar-refractivity contribution is 0.149. The summed E-state index contributed by atoms with van der Waals surface area (Å²) in [6, 6.07) is 1.29. The number of nitrogens with one attached hydrogen (secondary N) is 1. The molecule has 114 valence electrons. The summed E-state index contributed by atoms with van der Waals surface area (Å²) >= 11 is 3.26. The molecule has 20 heavy (non-hydrogen) atoms. The first-order chi connectivity index (χ1) is 9.34. The van der Waals surface area contributed by atoms with E-state index in [9.17, 15) is 8.42 Å². The molecule has 0 saturated heterocycles. The summed E-state index contributed by atoms with van der Waals surface area (Å²) in [6.45, 7) is 4.60. The Morgan fingerprint density at radius 1 is 1.55 bits per heavy atom. The normalized spacial score (nSPS) is 13.5. The molecule has 0 radical (unpaired) electrons. The lowest BCUT2D eigenvalue weighted by atomic mass is 10.4. The molecule has 0 fully saturated rings. The molecule has 0 amide bonds. The Balaban J connectivity index is 3.23. The van der Waals surface area contributed by atoms with Crippen LogP contribution in [0, 0.1) is 0 Å². The Morgan fingerprint density at radius 2 is 2.20 bits per heavy atom. The molecule has 8 heteroatoms. The van der Waals surface area contributed by atoms with Gasteiger partial charge in [-0.1, -0.05) is 0 Å². The molecule has 1 aromatic rings. The fourth-order valence-electron chi connectivity index (χ4n) is 1.66. The smallest absolute Gasteiger partial charge is 0.246 e. The maximum atomic E-state index is 12.7. The molecule has 0 aromatic carbocycles. The van der Waals surface area contributed by atoms with Crippen molar-refractivity contribution in [2.24, 2.45) is 0 Å². The van der Waals surface area contributed by atoms with Crippen molar-refractivity contribution >= 4 is 31.8 Å². The van der Waals surface area contributed by atoms with Gasteiger partial charge >= 0.3 is 0 Å². The minimum atomic E-state index is -3.64. The van der Waals surface area contributed by atoms with Gasteiger partial charge in [0.2, 0.25) is 10.0 Å². The minimum Gasteiger partial charge on any atom is -0.383 e. The molecule has 6 nitrogen and oxygen atoms in total. The molecule has 0 aliphatic carbocycles. The molecule has 1 heterocycles. The van der Waals surface area contributed by atoms with E-state index in [-0.39, 0.29) is 10.9 Å². The highest BCUT2D eigenvalue weighted by Gasteiger charge is 2.28. The van der Waals surface area contributed by atoms with Gasteiger partial charge in [0.25, 0.3) is 0 Å². The lowest BCUT2D eigenvalue weighted by Gasteiger charge is -2.24. The van der Waals surface area contributed by atoms with Crippen LogP contribution in [0.5, 0.6) is 0 Å². The molecule has 0 bridgehead atoms. The van der Waals surface area contributed by atoms with E-state index in [1.165, 1.54) is 11.4 Å². The van der Waals surface area contributed by atoms with Gasteiger partial charge in [0.15, 0.2) is 0 Å². The second-order valence-corrected chi connectivity index (χ2v) is 7.24. The predicted molar refractivity (Wildman–Crippen MR) is 82.4 cm³/mol. The predicted octanol–water partition coefficient (Wildman–Crippen LogP) is 1.93. The van der Waals surface area contributed by atoms with Gasteiger partial charge < -0.3 is 10.1 Å². The van der Waals surface area contributed by atoms with Crippen molar-refractivity contribution < 1.29 is 13.2 Å². The van der Waals surface area contributed by atoms with E-state index in [1.807, 2.05) is 6.92 Å². The molecule has 1 unspecified atom stereocenters. The van der Waals surface area contributed by atoms with Crippen LogP contribution >= 0.6 is 15.9 Å². The average molecular weight is 366 g/mol. The highest BCUT2D eigenvalue weighted by molar-refractivity contribution is 9.10. The molecular weight excluding hydrogens is 346 g/mol. The number of anilines is 1. The van der Waals surface area contributed by atoms with Crippen LogP contribution in [0.4, 0.5) is 5.82 Å². The molecule has 0 aliphatic rings. The largest absolute Gasteiger partial charge is 0.383 e. The van der Waals surface area contributed by atoms with Crippen LogP contribution in [0.3, 0.4) is 0 Å². The van der Waals surface area contributed by atoms with E-state index < -0.39 is 10.0 Å². The van der Waals surface area contributed by atoms with Crippen LogP contribution < -0.4 is 5.32 Å². The molecule has 0 aliphatic heterocycles. The van der Waals surface area contributed by atoms with Crippen molar-refractivity contribution in [1.29, 1.82) is 0 Å². The second kappa shape index (κ2) is 7.35.